The number of hydrogen-bond acceptors (Lipinski definition) is 5. The first kappa shape index (κ1) is 19.0. The van der Waals surface area contributed by atoms with E-state index in [4.69, 9.17) is 4.74 Å². The monoisotopic (exact) mass is 448 g/mol. The van der Waals surface area contributed by atoms with E-state index in [9.17, 15) is 4.79 Å². The number of piperidine rings is 1. The van der Waals surface area contributed by atoms with Gasteiger partial charge in [-0.05, 0) is 47.7 Å². The Bertz CT molecular complexity index is 469. The van der Waals surface area contributed by atoms with Crippen molar-refractivity contribution in [2.24, 2.45) is 0 Å². The minimum atomic E-state index is -0.101. The molecule has 1 aliphatic rings. The molecule has 0 amide bonds. The number of esters is 1. The zero-order valence-electron chi connectivity index (χ0n) is 13.6. The molecule has 1 heterocycles. The molecular weight excluding hydrogens is 423 g/mol. The first-order valence-electron chi connectivity index (χ1n) is 8.12. The summed E-state index contributed by atoms with van der Waals surface area (Å²) >= 11 is 2.28. The van der Waals surface area contributed by atoms with Crippen molar-refractivity contribution in [1.82, 2.24) is 9.21 Å². The van der Waals surface area contributed by atoms with Gasteiger partial charge in [0.15, 0.2) is 0 Å². The summed E-state index contributed by atoms with van der Waals surface area (Å²) in [5, 5.41) is 0. The highest BCUT2D eigenvalue weighted by Crippen LogP contribution is 2.21. The average Bonchev–Trinajstić information content (AvgIpc) is 2.61. The fraction of sp³-hybridized carbons (Fsp3) is 0.588. The van der Waals surface area contributed by atoms with Crippen molar-refractivity contribution < 1.29 is 9.53 Å². The van der Waals surface area contributed by atoms with Crippen molar-refractivity contribution in [2.45, 2.75) is 38.3 Å². The standard InChI is InChI=1S/C17H25IN2O2S/c1-19(23-18)13-16(20-10-6-3-7-11-20)12-17(21)22-14-15-8-4-2-5-9-15/h2,4-5,8-9,16H,3,6-7,10-14H2,1H3. The maximum atomic E-state index is 12.3. The van der Waals surface area contributed by atoms with E-state index in [2.05, 4.69) is 37.5 Å². The molecule has 0 saturated carbocycles. The molecule has 0 bridgehead atoms. The van der Waals surface area contributed by atoms with Crippen molar-refractivity contribution in [1.29, 1.82) is 0 Å². The van der Waals surface area contributed by atoms with E-state index in [-0.39, 0.29) is 12.0 Å². The molecule has 0 spiro atoms. The molecule has 0 radical (unpaired) electrons. The van der Waals surface area contributed by atoms with E-state index in [1.165, 1.54) is 19.3 Å². The fourth-order valence-electron chi connectivity index (χ4n) is 2.91. The Labute approximate surface area is 155 Å². The first-order valence-corrected chi connectivity index (χ1v) is 11.4. The summed E-state index contributed by atoms with van der Waals surface area (Å²) in [7, 11) is 3.75. The van der Waals surface area contributed by atoms with Crippen LogP contribution in [0.15, 0.2) is 30.3 Å². The summed E-state index contributed by atoms with van der Waals surface area (Å²) in [6, 6.07) is 10.1. The molecule has 1 aliphatic heterocycles. The van der Waals surface area contributed by atoms with Crippen LogP contribution in [-0.2, 0) is 16.1 Å². The SMILES string of the molecule is CN(CC(CC(=O)OCc1ccccc1)N1CCCCC1)SI. The summed E-state index contributed by atoms with van der Waals surface area (Å²) in [4.78, 5) is 14.7. The zero-order valence-corrected chi connectivity index (χ0v) is 16.6. The van der Waals surface area contributed by atoms with Crippen LogP contribution < -0.4 is 0 Å². The number of likely N-dealkylation sites (N-methyl/N-ethyl adjacent to an activating group) is 1. The van der Waals surface area contributed by atoms with Gasteiger partial charge in [-0.1, -0.05) is 36.8 Å². The lowest BCUT2D eigenvalue weighted by molar-refractivity contribution is -0.146. The molecule has 0 aromatic heterocycles. The van der Waals surface area contributed by atoms with Gasteiger partial charge in [-0.2, -0.15) is 0 Å². The van der Waals surface area contributed by atoms with Gasteiger partial charge in [0.1, 0.15) is 6.61 Å². The van der Waals surface area contributed by atoms with Crippen molar-refractivity contribution in [3.63, 3.8) is 0 Å². The number of carbonyl (C=O) groups is 1. The van der Waals surface area contributed by atoms with Crippen LogP contribution in [0.5, 0.6) is 0 Å². The van der Waals surface area contributed by atoms with Crippen LogP contribution >= 0.6 is 30.3 Å². The van der Waals surface area contributed by atoms with Crippen LogP contribution in [-0.4, -0.2) is 47.9 Å². The van der Waals surface area contributed by atoms with Crippen LogP contribution in [0.1, 0.15) is 31.2 Å². The van der Waals surface area contributed by atoms with Gasteiger partial charge in [0.2, 0.25) is 0 Å². The van der Waals surface area contributed by atoms with E-state index in [1.807, 2.05) is 30.3 Å². The number of carbonyl (C=O) groups excluding carboxylic acids is 1. The maximum Gasteiger partial charge on any atom is 0.307 e. The van der Waals surface area contributed by atoms with Crippen LogP contribution in [0.25, 0.3) is 0 Å². The second-order valence-corrected chi connectivity index (χ2v) is 7.92. The highest BCUT2D eigenvalue weighted by atomic mass is 127. The Morgan fingerprint density at radius 2 is 2.00 bits per heavy atom. The number of benzene rings is 1. The normalized spacial score (nSPS) is 17.2. The Morgan fingerprint density at radius 1 is 1.30 bits per heavy atom. The molecule has 128 valence electrons. The number of nitrogens with zero attached hydrogens (tertiary/aromatic N) is 2. The van der Waals surface area contributed by atoms with E-state index in [0.29, 0.717) is 13.0 Å². The van der Waals surface area contributed by atoms with Crippen molar-refractivity contribution in [3.05, 3.63) is 35.9 Å². The molecule has 1 atom stereocenters. The molecular formula is C17H25IN2O2S. The second-order valence-electron chi connectivity index (χ2n) is 5.98. The highest BCUT2D eigenvalue weighted by Gasteiger charge is 2.25. The topological polar surface area (TPSA) is 32.8 Å². The summed E-state index contributed by atoms with van der Waals surface area (Å²) in [6.07, 6.45) is 4.24. The van der Waals surface area contributed by atoms with Crippen LogP contribution in [0.4, 0.5) is 0 Å². The third kappa shape index (κ3) is 6.99. The lowest BCUT2D eigenvalue weighted by Crippen LogP contribution is -2.45. The third-order valence-electron chi connectivity index (χ3n) is 4.14. The molecule has 23 heavy (non-hydrogen) atoms. The summed E-state index contributed by atoms with van der Waals surface area (Å²) in [5.74, 6) is -0.101. The molecule has 6 heteroatoms. The third-order valence-corrected chi connectivity index (χ3v) is 6.54. The van der Waals surface area contributed by atoms with E-state index in [0.717, 1.165) is 25.2 Å². The fourth-order valence-corrected chi connectivity index (χ4v) is 3.62. The molecule has 2 rings (SSSR count). The number of likely N-dealkylation sites (tertiary alicyclic amines) is 1. The summed E-state index contributed by atoms with van der Waals surface area (Å²) in [6.45, 7) is 3.43. The quantitative estimate of drug-likeness (QED) is 0.342. The lowest BCUT2D eigenvalue weighted by Gasteiger charge is -2.35. The molecule has 1 unspecified atom stereocenters. The number of ether oxygens (including phenoxy) is 1. The minimum absolute atomic E-state index is 0.101. The Morgan fingerprint density at radius 3 is 2.65 bits per heavy atom. The molecule has 1 aromatic carbocycles. The van der Waals surface area contributed by atoms with Gasteiger partial charge in [-0.3, -0.25) is 9.69 Å². The van der Waals surface area contributed by atoms with Crippen molar-refractivity contribution in [3.8, 4) is 0 Å². The van der Waals surface area contributed by atoms with Gasteiger partial charge in [0.05, 0.1) is 6.42 Å². The molecule has 1 fully saturated rings. The van der Waals surface area contributed by atoms with E-state index in [1.54, 1.807) is 9.12 Å². The number of hydrogen-bond donors (Lipinski definition) is 0. The van der Waals surface area contributed by atoms with Gasteiger partial charge in [0.25, 0.3) is 0 Å². The largest absolute Gasteiger partial charge is 0.461 e. The van der Waals surface area contributed by atoms with Gasteiger partial charge >= 0.3 is 5.97 Å². The molecule has 0 N–H and O–H groups in total. The van der Waals surface area contributed by atoms with E-state index < -0.39 is 0 Å². The highest BCUT2D eigenvalue weighted by molar-refractivity contribution is 14.2. The maximum absolute atomic E-state index is 12.3. The van der Waals surface area contributed by atoms with Gasteiger partial charge in [0, 0.05) is 33.8 Å². The Balaban J connectivity index is 1.86. The van der Waals surface area contributed by atoms with Crippen LogP contribution in [0.2, 0.25) is 0 Å². The molecule has 1 aromatic rings. The average molecular weight is 448 g/mol. The lowest BCUT2D eigenvalue weighted by atomic mass is 10.1. The Kier molecular flexibility index (Phi) is 8.71. The van der Waals surface area contributed by atoms with Gasteiger partial charge in [-0.25, -0.2) is 4.31 Å². The van der Waals surface area contributed by atoms with Gasteiger partial charge < -0.3 is 4.74 Å². The summed E-state index contributed by atoms with van der Waals surface area (Å²) < 4.78 is 7.66. The molecule has 0 aliphatic carbocycles. The van der Waals surface area contributed by atoms with E-state index >= 15 is 0 Å². The Hall–Kier alpha value is -0.310. The zero-order chi connectivity index (χ0) is 16.5. The molecule has 1 saturated heterocycles. The van der Waals surface area contributed by atoms with Crippen LogP contribution in [0, 0.1) is 0 Å². The predicted octanol–water partition coefficient (Wildman–Crippen LogP) is 3.90. The number of rotatable bonds is 8. The molecule has 4 nitrogen and oxygen atoms in total. The second kappa shape index (κ2) is 10.5. The smallest absolute Gasteiger partial charge is 0.307 e. The van der Waals surface area contributed by atoms with Crippen molar-refractivity contribution in [2.75, 3.05) is 26.7 Å². The van der Waals surface area contributed by atoms with Crippen molar-refractivity contribution >= 4 is 36.3 Å². The van der Waals surface area contributed by atoms with Crippen LogP contribution in [0.3, 0.4) is 0 Å². The predicted molar refractivity (Wildman–Crippen MR) is 104 cm³/mol. The summed E-state index contributed by atoms with van der Waals surface area (Å²) in [5.41, 5.74) is 1.04. The van der Waals surface area contributed by atoms with Gasteiger partial charge in [-0.15, -0.1) is 0 Å². The minimum Gasteiger partial charge on any atom is -0.461 e. The first-order chi connectivity index (χ1) is 11.2. The number of halogens is 1.